The molecule has 1 N–H and O–H groups in total. The predicted octanol–water partition coefficient (Wildman–Crippen LogP) is 20.1. The number of nitrogens with zero attached hydrogens (tertiary/aromatic N) is 9. The Morgan fingerprint density at radius 1 is 0.434 bits per heavy atom. The fourth-order valence-corrected chi connectivity index (χ4v) is 13.9. The number of para-hydroxylation sites is 3. The lowest BCUT2D eigenvalue weighted by Crippen LogP contribution is -2.58. The molecule has 0 bridgehead atoms. The summed E-state index contributed by atoms with van der Waals surface area (Å²) in [4.78, 5) is 44.1. The van der Waals surface area contributed by atoms with Gasteiger partial charge in [0.25, 0.3) is 0 Å². The van der Waals surface area contributed by atoms with Gasteiger partial charge in [0, 0.05) is 141 Å². The van der Waals surface area contributed by atoms with E-state index in [2.05, 4.69) is 118 Å². The van der Waals surface area contributed by atoms with E-state index in [0.29, 0.717) is 40.6 Å². The molecule has 0 aliphatic carbocycles. The summed E-state index contributed by atoms with van der Waals surface area (Å²) in [6.45, 7) is 35.8. The van der Waals surface area contributed by atoms with Crippen LogP contribution in [0.3, 0.4) is 0 Å². The Morgan fingerprint density at radius 2 is 0.727 bits per heavy atom. The zero-order valence-electron chi connectivity index (χ0n) is 56.7. The molecule has 12 aromatic rings. The summed E-state index contributed by atoms with van der Waals surface area (Å²) in [5.74, 6) is 2.61. The minimum Gasteiger partial charge on any atom is -0.495 e. The molecule has 492 valence electrons. The van der Waals surface area contributed by atoms with Crippen molar-refractivity contribution in [2.45, 2.75) is 65.2 Å². The minimum atomic E-state index is 0.169. The summed E-state index contributed by atoms with van der Waals surface area (Å²) < 4.78 is 17.6. The number of anilines is 2. The van der Waals surface area contributed by atoms with Gasteiger partial charge in [0.05, 0.1) is 57.6 Å². The van der Waals surface area contributed by atoms with Gasteiger partial charge in [0.2, 0.25) is 5.91 Å². The number of rotatable bonds is 12. The SMILES string of the molecule is [C-]#[N+]c1ccc(-c2cccc3c(OC)c(-c4ccc(Cl)cc4)cnc23)cc1.[C-]#[N+]c1ccc(-c2cccc3c(OC)c(-c4ccc(N5C[C@@H](C)N(C(=O)CC)[C@@H](C)C5)cc4)cnc23)cc1.[C-]#[N+]c1ccc(-c2cccc3c(OC)c(-c4ccc(N5C[C@@H](C)N[C@@H](C)C5)cc4)cnc23)cc1. The van der Waals surface area contributed by atoms with Crippen molar-refractivity contribution in [1.29, 1.82) is 0 Å². The Morgan fingerprint density at radius 3 is 1.03 bits per heavy atom. The number of methoxy groups -OCH3 is 3. The van der Waals surface area contributed by atoms with E-state index >= 15 is 0 Å². The molecule has 99 heavy (non-hydrogen) atoms. The number of piperazine rings is 2. The van der Waals surface area contributed by atoms with Crippen LogP contribution in [0.1, 0.15) is 41.0 Å². The number of fused-ring (bicyclic) bond motifs is 3. The summed E-state index contributed by atoms with van der Waals surface area (Å²) in [7, 11) is 5.09. The zero-order chi connectivity index (χ0) is 69.3. The predicted molar refractivity (Wildman–Crippen MR) is 404 cm³/mol. The maximum absolute atomic E-state index is 12.4. The monoisotopic (exact) mass is 1320 g/mol. The fourth-order valence-electron chi connectivity index (χ4n) is 13.8. The normalized spacial score (nSPS) is 15.7. The van der Waals surface area contributed by atoms with Gasteiger partial charge in [0.15, 0.2) is 17.1 Å². The molecule has 15 heteroatoms. The molecule has 2 saturated heterocycles. The number of hydrogen-bond donors (Lipinski definition) is 1. The van der Waals surface area contributed by atoms with Crippen LogP contribution >= 0.6 is 11.6 Å². The van der Waals surface area contributed by atoms with E-state index in [9.17, 15) is 4.79 Å². The van der Waals surface area contributed by atoms with Crippen LogP contribution in [-0.2, 0) is 4.79 Å². The molecule has 2 aliphatic heterocycles. The number of carbonyl (C=O) groups is 1. The zero-order valence-corrected chi connectivity index (χ0v) is 57.4. The van der Waals surface area contributed by atoms with E-state index in [1.165, 1.54) is 5.69 Å². The lowest BCUT2D eigenvalue weighted by atomic mass is 9.98. The van der Waals surface area contributed by atoms with Crippen LogP contribution < -0.4 is 29.3 Å². The van der Waals surface area contributed by atoms with Crippen LogP contribution in [0.4, 0.5) is 28.4 Å². The van der Waals surface area contributed by atoms with Crippen LogP contribution in [0.5, 0.6) is 17.2 Å². The molecule has 14 rings (SSSR count). The number of amides is 1. The molecule has 2 fully saturated rings. The molecule has 0 radical (unpaired) electrons. The molecule has 4 atom stereocenters. The summed E-state index contributed by atoms with van der Waals surface area (Å²) in [6.07, 6.45) is 6.16. The quantitative estimate of drug-likeness (QED) is 0.118. The third-order valence-corrected chi connectivity index (χ3v) is 18.6. The minimum absolute atomic E-state index is 0.169. The lowest BCUT2D eigenvalue weighted by molar-refractivity contribution is -0.135. The highest BCUT2D eigenvalue weighted by atomic mass is 35.5. The maximum atomic E-state index is 12.4. The molecule has 0 saturated carbocycles. The van der Waals surface area contributed by atoms with Gasteiger partial charge in [-0.15, -0.1) is 0 Å². The largest absolute Gasteiger partial charge is 0.495 e. The Balaban J connectivity index is 0.000000143. The number of benzene rings is 9. The number of halogens is 1. The first-order valence-corrected chi connectivity index (χ1v) is 33.5. The van der Waals surface area contributed by atoms with Gasteiger partial charge in [-0.2, -0.15) is 0 Å². The molecule has 0 unspecified atom stereocenters. The Bertz CT molecular complexity index is 5010. The standard InChI is InChI=1S/C32H32N4O2.C29H28N4O.C23H15ClN2O/c1-6-30(37)36-21(2)19-35(20-22(36)3)26-16-12-24(13-17-26)29-18-34-31-27(8-7-9-28(31)32(29)38-5)23-10-14-25(33-4)15-11-23;1-19-17-33(18-20(2)32-19)24-14-10-22(11-15-24)27-16-31-28-25(6-5-7-26(28)29(27)34-4)21-8-12-23(30-3)13-9-21;1-25-18-12-8-15(9-13-18)19-4-3-5-20-22(19)26-14-21(23(20)27-2)16-6-10-17(24)11-7-16/h7-18,21-22H,6,19-20H2,1-3,5H3;5-16,19-20,32H,17-18H2,1-2,4H3;3-14H,2H3/t21-,22+;19-,20+;. The number of ether oxygens (including phenoxy) is 3. The van der Waals surface area contributed by atoms with Gasteiger partial charge in [-0.3, -0.25) is 19.7 Å². The average Bonchev–Trinajstić information content (AvgIpc) is 0.767. The highest BCUT2D eigenvalue weighted by Gasteiger charge is 2.32. The molecular formula is C84H75ClN10O4. The van der Waals surface area contributed by atoms with Gasteiger partial charge < -0.3 is 34.2 Å². The van der Waals surface area contributed by atoms with Crippen molar-refractivity contribution in [3.8, 4) is 84.0 Å². The fraction of sp³-hybridized carbons (Fsp3) is 0.202. The van der Waals surface area contributed by atoms with E-state index in [1.807, 2.05) is 170 Å². The molecule has 9 aromatic carbocycles. The molecule has 1 amide bonds. The third-order valence-electron chi connectivity index (χ3n) is 18.4. The number of pyridine rings is 3. The Hall–Kier alpha value is -11.6. The van der Waals surface area contributed by atoms with Crippen molar-refractivity contribution >= 4 is 78.7 Å². The Kier molecular flexibility index (Phi) is 20.6. The van der Waals surface area contributed by atoms with E-state index < -0.39 is 0 Å². The summed E-state index contributed by atoms with van der Waals surface area (Å²) in [5.41, 5.74) is 18.9. The summed E-state index contributed by atoms with van der Waals surface area (Å²) >= 11 is 6.01. The van der Waals surface area contributed by atoms with Crippen LogP contribution in [0.2, 0.25) is 5.02 Å². The molecule has 2 aliphatic rings. The summed E-state index contributed by atoms with van der Waals surface area (Å²) in [6, 6.07) is 67.2. The van der Waals surface area contributed by atoms with Crippen LogP contribution in [0.15, 0.2) is 219 Å². The second kappa shape index (κ2) is 30.2. The second-order valence-corrected chi connectivity index (χ2v) is 25.4. The van der Waals surface area contributed by atoms with Crippen molar-refractivity contribution in [2.75, 3.05) is 57.3 Å². The molecule has 0 spiro atoms. The van der Waals surface area contributed by atoms with E-state index in [4.69, 9.17) is 60.5 Å². The van der Waals surface area contributed by atoms with Crippen LogP contribution in [0, 0.1) is 19.7 Å². The Labute approximate surface area is 584 Å². The topological polar surface area (TPSA) is 118 Å². The van der Waals surface area contributed by atoms with Crippen molar-refractivity contribution < 1.29 is 19.0 Å². The molecule has 14 nitrogen and oxygen atoms in total. The number of carbonyl (C=O) groups excluding carboxylic acids is 1. The van der Waals surface area contributed by atoms with Crippen LogP contribution in [0.25, 0.3) is 114 Å². The highest BCUT2D eigenvalue weighted by Crippen LogP contribution is 2.44. The highest BCUT2D eigenvalue weighted by molar-refractivity contribution is 6.30. The first-order chi connectivity index (χ1) is 48.2. The van der Waals surface area contributed by atoms with Gasteiger partial charge in [0.1, 0.15) is 17.2 Å². The van der Waals surface area contributed by atoms with Gasteiger partial charge >= 0.3 is 0 Å². The number of nitrogens with one attached hydrogen (secondary N) is 1. The van der Waals surface area contributed by atoms with Crippen molar-refractivity contribution in [3.05, 3.63) is 258 Å². The lowest BCUT2D eigenvalue weighted by Gasteiger charge is -2.45. The number of aromatic nitrogens is 3. The number of hydrogen-bond acceptors (Lipinski definition) is 10. The van der Waals surface area contributed by atoms with Crippen LogP contribution in [-0.4, -0.2) is 97.4 Å². The molecule has 3 aromatic heterocycles. The smallest absolute Gasteiger partial charge is 0.222 e. The van der Waals surface area contributed by atoms with Crippen molar-refractivity contribution in [1.82, 2.24) is 25.2 Å². The maximum Gasteiger partial charge on any atom is 0.222 e. The molecule has 5 heterocycles. The third kappa shape index (κ3) is 14.3. The van der Waals surface area contributed by atoms with Gasteiger partial charge in [-0.1, -0.05) is 164 Å². The van der Waals surface area contributed by atoms with Gasteiger partial charge in [-0.25, -0.2) is 14.5 Å². The van der Waals surface area contributed by atoms with Crippen molar-refractivity contribution in [2.24, 2.45) is 0 Å². The van der Waals surface area contributed by atoms with E-state index in [1.54, 1.807) is 21.3 Å². The molecular weight excluding hydrogens is 1250 g/mol. The van der Waals surface area contributed by atoms with E-state index in [-0.39, 0.29) is 18.0 Å². The first-order valence-electron chi connectivity index (χ1n) is 33.1. The van der Waals surface area contributed by atoms with Gasteiger partial charge in [-0.05, 0) is 116 Å². The van der Waals surface area contributed by atoms with Crippen molar-refractivity contribution in [3.63, 3.8) is 0 Å². The first kappa shape index (κ1) is 67.4. The average molecular weight is 1320 g/mol. The van der Waals surface area contributed by atoms with E-state index in [0.717, 1.165) is 149 Å². The second-order valence-electron chi connectivity index (χ2n) is 24.9. The summed E-state index contributed by atoms with van der Waals surface area (Å²) in [5, 5.41) is 7.14.